The number of aliphatic hydroxyl groups excluding tert-OH is 1. The van der Waals surface area contributed by atoms with Crippen molar-refractivity contribution in [1.29, 1.82) is 0 Å². The van der Waals surface area contributed by atoms with Crippen molar-refractivity contribution < 1.29 is 14.6 Å². The molecule has 5 nitrogen and oxygen atoms in total. The lowest BCUT2D eigenvalue weighted by atomic mass is 10.2. The lowest BCUT2D eigenvalue weighted by Crippen LogP contribution is -2.35. The van der Waals surface area contributed by atoms with Crippen LogP contribution in [0.15, 0.2) is 18.2 Å². The Bertz CT molecular complexity index is 620. The Kier molecular flexibility index (Phi) is 4.45. The van der Waals surface area contributed by atoms with Crippen molar-refractivity contribution in [2.75, 3.05) is 39.2 Å². The molecule has 0 fully saturated rings. The van der Waals surface area contributed by atoms with Gasteiger partial charge in [-0.2, -0.15) is 0 Å². The van der Waals surface area contributed by atoms with Crippen molar-refractivity contribution in [2.24, 2.45) is 0 Å². The van der Waals surface area contributed by atoms with E-state index in [2.05, 4.69) is 4.90 Å². The van der Waals surface area contributed by atoms with Crippen LogP contribution in [0, 0.1) is 0 Å². The topological polar surface area (TPSA) is 53.0 Å². The number of methoxy groups -OCH3 is 1. The summed E-state index contributed by atoms with van der Waals surface area (Å²) < 4.78 is 5.29. The molecule has 0 spiro atoms. The molecule has 0 amide bonds. The summed E-state index contributed by atoms with van der Waals surface area (Å²) in [6.45, 7) is 1.63. The van der Waals surface area contributed by atoms with Crippen LogP contribution in [-0.4, -0.2) is 56.5 Å². The predicted octanol–water partition coefficient (Wildman–Crippen LogP) is -0.965. The first-order chi connectivity index (χ1) is 9.60. The quantitative estimate of drug-likeness (QED) is 0.750. The van der Waals surface area contributed by atoms with Gasteiger partial charge in [0.1, 0.15) is 5.94 Å². The summed E-state index contributed by atoms with van der Waals surface area (Å²) in [6.07, 6.45) is 0.0712. The largest absolute Gasteiger partial charge is 0.496 e. The second kappa shape index (κ2) is 6.09. The molecule has 0 bridgehead atoms. The first-order valence-electron chi connectivity index (χ1n) is 6.62. The summed E-state index contributed by atoms with van der Waals surface area (Å²) in [5, 5.41) is 11.5. The maximum Gasteiger partial charge on any atom is 0.186 e. The van der Waals surface area contributed by atoms with Gasteiger partial charge in [0.05, 0.1) is 23.2 Å². The maximum absolute atomic E-state index is 11.0. The number of fused-ring (bicyclic) bond motifs is 1. The molecular weight excluding hydrogens is 256 g/mol. The number of carbonyl (C=O) groups excluding carboxylic acids is 1. The molecule has 1 aliphatic heterocycles. The minimum absolute atomic E-state index is 0.420. The third-order valence-electron chi connectivity index (χ3n) is 3.46. The lowest BCUT2D eigenvalue weighted by Gasteiger charge is -2.25. The summed E-state index contributed by atoms with van der Waals surface area (Å²) in [5.74, 6) is 2.33. The van der Waals surface area contributed by atoms with Crippen LogP contribution in [0.2, 0.25) is 0 Å². The Morgan fingerprint density at radius 1 is 1.45 bits per heavy atom. The molecule has 1 N–H and O–H groups in total. The third kappa shape index (κ3) is 2.56. The Balaban J connectivity index is 2.38. The smallest absolute Gasteiger partial charge is 0.186 e. The molecular formula is C15H20N2O3. The van der Waals surface area contributed by atoms with Crippen LogP contribution in [0.25, 0.3) is 5.76 Å². The van der Waals surface area contributed by atoms with Gasteiger partial charge in [-0.3, -0.25) is 0 Å². The fraction of sp³-hybridized carbons (Fsp3) is 0.467. The Morgan fingerprint density at radius 2 is 2.20 bits per heavy atom. The zero-order valence-corrected chi connectivity index (χ0v) is 12.1. The highest BCUT2D eigenvalue weighted by Crippen LogP contribution is 2.22. The van der Waals surface area contributed by atoms with Crippen LogP contribution >= 0.6 is 0 Å². The first-order valence-corrected chi connectivity index (χ1v) is 6.62. The molecule has 1 heterocycles. The molecule has 2 rings (SSSR count). The van der Waals surface area contributed by atoms with E-state index in [0.29, 0.717) is 22.7 Å². The van der Waals surface area contributed by atoms with Crippen LogP contribution in [0.3, 0.4) is 0 Å². The van der Waals surface area contributed by atoms with E-state index in [-0.39, 0.29) is 0 Å². The van der Waals surface area contributed by atoms with Gasteiger partial charge >= 0.3 is 0 Å². The molecule has 1 unspecified atom stereocenters. The standard InChI is InChI=1S/C15H20N2O3/c1-16(2)8-5-9-17-12-7-4-6-11(10-18)13(12)14(20-3)15(17)19/h4,6-7,15,19H,5,8-9H2,1-3H3. The van der Waals surface area contributed by atoms with Gasteiger partial charge in [0, 0.05) is 6.54 Å². The monoisotopic (exact) mass is 276 g/mol. The van der Waals surface area contributed by atoms with E-state index in [0.717, 1.165) is 18.7 Å². The number of nitrogens with zero attached hydrogens (tertiary/aromatic N) is 2. The molecule has 20 heavy (non-hydrogen) atoms. The van der Waals surface area contributed by atoms with Gasteiger partial charge in [0.2, 0.25) is 0 Å². The van der Waals surface area contributed by atoms with Gasteiger partial charge in [-0.15, -0.1) is 0 Å². The zero-order chi connectivity index (χ0) is 14.7. The molecule has 5 heteroatoms. The fourth-order valence-electron chi connectivity index (χ4n) is 2.53. The van der Waals surface area contributed by atoms with E-state index in [1.165, 1.54) is 7.11 Å². The van der Waals surface area contributed by atoms with Crippen LogP contribution in [0.4, 0.5) is 5.69 Å². The summed E-state index contributed by atoms with van der Waals surface area (Å²) >= 11 is 0. The normalized spacial score (nSPS) is 17.4. The number of hydrogen-bond acceptors (Lipinski definition) is 5. The maximum atomic E-state index is 11.0. The van der Waals surface area contributed by atoms with Crippen molar-refractivity contribution in [3.63, 3.8) is 0 Å². The predicted molar refractivity (Wildman–Crippen MR) is 77.4 cm³/mol. The van der Waals surface area contributed by atoms with Crippen molar-refractivity contribution in [3.8, 4) is 0 Å². The summed E-state index contributed by atoms with van der Waals surface area (Å²) in [4.78, 5) is 15.0. The summed E-state index contributed by atoms with van der Waals surface area (Å²) in [7, 11) is 5.54. The molecule has 1 aliphatic rings. The SMILES string of the molecule is COC1=c2c(cccc2=C=O)N(CCCN(C)C)C1O. The van der Waals surface area contributed by atoms with Gasteiger partial charge in [-0.25, -0.2) is 4.79 Å². The highest BCUT2D eigenvalue weighted by Gasteiger charge is 2.30. The van der Waals surface area contributed by atoms with E-state index < -0.39 is 6.23 Å². The number of benzene rings is 1. The number of anilines is 1. The molecule has 0 saturated heterocycles. The summed E-state index contributed by atoms with van der Waals surface area (Å²) in [6, 6.07) is 5.37. The van der Waals surface area contributed by atoms with Crippen LogP contribution in [0.5, 0.6) is 0 Å². The molecule has 0 aliphatic carbocycles. The highest BCUT2D eigenvalue weighted by molar-refractivity contribution is 5.69. The second-order valence-electron chi connectivity index (χ2n) is 5.09. The zero-order valence-electron chi connectivity index (χ0n) is 12.1. The van der Waals surface area contributed by atoms with Crippen molar-refractivity contribution in [1.82, 2.24) is 4.90 Å². The average molecular weight is 276 g/mol. The number of aliphatic hydroxyl groups is 1. The molecule has 0 saturated carbocycles. The number of hydrogen-bond donors (Lipinski definition) is 1. The Hall–Kier alpha value is -1.81. The second-order valence-corrected chi connectivity index (χ2v) is 5.09. The minimum atomic E-state index is -0.841. The molecule has 1 aromatic rings. The highest BCUT2D eigenvalue weighted by atomic mass is 16.5. The van der Waals surface area contributed by atoms with Crippen LogP contribution in [0.1, 0.15) is 6.42 Å². The van der Waals surface area contributed by atoms with Crippen LogP contribution < -0.4 is 15.3 Å². The van der Waals surface area contributed by atoms with Gasteiger partial charge in [-0.1, -0.05) is 6.07 Å². The number of ether oxygens (including phenoxy) is 1. The summed E-state index contributed by atoms with van der Waals surface area (Å²) in [5.41, 5.74) is 0.828. The van der Waals surface area contributed by atoms with Crippen molar-refractivity contribution >= 4 is 17.4 Å². The Morgan fingerprint density at radius 3 is 2.80 bits per heavy atom. The van der Waals surface area contributed by atoms with Gasteiger partial charge in [0.25, 0.3) is 0 Å². The molecule has 1 aromatic carbocycles. The van der Waals surface area contributed by atoms with E-state index in [4.69, 9.17) is 4.74 Å². The minimum Gasteiger partial charge on any atom is -0.496 e. The van der Waals surface area contributed by atoms with Crippen molar-refractivity contribution in [3.05, 3.63) is 28.6 Å². The van der Waals surface area contributed by atoms with Gasteiger partial charge in [-0.05, 0) is 39.2 Å². The number of rotatable bonds is 5. The van der Waals surface area contributed by atoms with Crippen molar-refractivity contribution in [2.45, 2.75) is 12.6 Å². The molecule has 108 valence electrons. The molecule has 0 aromatic heterocycles. The third-order valence-corrected chi connectivity index (χ3v) is 3.46. The van der Waals surface area contributed by atoms with E-state index >= 15 is 0 Å². The average Bonchev–Trinajstić information content (AvgIpc) is 2.70. The molecule has 1 atom stereocenters. The first kappa shape index (κ1) is 14.6. The van der Waals surface area contributed by atoms with E-state index in [1.54, 1.807) is 12.1 Å². The molecule has 0 radical (unpaired) electrons. The fourth-order valence-corrected chi connectivity index (χ4v) is 2.53. The van der Waals surface area contributed by atoms with Crippen LogP contribution in [-0.2, 0) is 9.53 Å². The Labute approximate surface area is 118 Å². The van der Waals surface area contributed by atoms with Gasteiger partial charge < -0.3 is 19.6 Å². The van der Waals surface area contributed by atoms with Gasteiger partial charge in [0.15, 0.2) is 12.0 Å². The van der Waals surface area contributed by atoms with E-state index in [1.807, 2.05) is 31.0 Å². The van der Waals surface area contributed by atoms with E-state index in [9.17, 15) is 9.90 Å². The lowest BCUT2D eigenvalue weighted by molar-refractivity contribution is 0.177.